The quantitative estimate of drug-likeness (QED) is 0.801. The molecule has 0 aliphatic carbocycles. The van der Waals surface area contributed by atoms with Crippen LogP contribution in [-0.2, 0) is 6.42 Å². The molecule has 1 rings (SSSR count). The second-order valence-electron chi connectivity index (χ2n) is 4.69. The monoisotopic (exact) mass is 253 g/mol. The number of aromatic nitrogens is 2. The summed E-state index contributed by atoms with van der Waals surface area (Å²) in [6.07, 6.45) is 1.85. The van der Waals surface area contributed by atoms with Gasteiger partial charge in [-0.3, -0.25) is 0 Å². The highest BCUT2D eigenvalue weighted by Crippen LogP contribution is 2.16. The molecule has 0 bridgehead atoms. The van der Waals surface area contributed by atoms with Crippen LogP contribution in [0.4, 0.5) is 0 Å². The number of hydrogen-bond donors (Lipinski definition) is 1. The minimum atomic E-state index is 0.363. The van der Waals surface area contributed by atoms with Crippen molar-refractivity contribution in [3.05, 3.63) is 11.9 Å². The Morgan fingerprint density at radius 3 is 2.11 bits per heavy atom. The molecule has 1 aromatic heterocycles. The van der Waals surface area contributed by atoms with Crippen LogP contribution in [0.5, 0.6) is 11.8 Å². The van der Waals surface area contributed by atoms with Gasteiger partial charge in [0.2, 0.25) is 11.8 Å². The van der Waals surface area contributed by atoms with Crippen LogP contribution in [-0.4, -0.2) is 37.3 Å². The highest BCUT2D eigenvalue weighted by molar-refractivity contribution is 5.21. The lowest BCUT2D eigenvalue weighted by molar-refractivity contribution is 0.363. The van der Waals surface area contributed by atoms with Crippen molar-refractivity contribution in [1.29, 1.82) is 0 Å². The van der Waals surface area contributed by atoms with E-state index in [1.807, 2.05) is 7.05 Å². The molecule has 1 heterocycles. The van der Waals surface area contributed by atoms with Gasteiger partial charge in [-0.05, 0) is 19.4 Å². The van der Waals surface area contributed by atoms with E-state index in [1.54, 1.807) is 20.3 Å². The van der Waals surface area contributed by atoms with E-state index < -0.39 is 0 Å². The van der Waals surface area contributed by atoms with E-state index in [-0.39, 0.29) is 0 Å². The van der Waals surface area contributed by atoms with Crippen molar-refractivity contribution >= 4 is 0 Å². The molecule has 1 N–H and O–H groups in total. The summed E-state index contributed by atoms with van der Waals surface area (Å²) in [4.78, 5) is 8.68. The first-order chi connectivity index (χ1) is 8.58. The van der Waals surface area contributed by atoms with Crippen LogP contribution in [0, 0.1) is 5.92 Å². The highest BCUT2D eigenvalue weighted by atomic mass is 16.5. The van der Waals surface area contributed by atoms with Gasteiger partial charge in [-0.1, -0.05) is 13.8 Å². The highest BCUT2D eigenvalue weighted by Gasteiger charge is 2.13. The smallest absolute Gasteiger partial charge is 0.220 e. The minimum Gasteiger partial charge on any atom is -0.481 e. The molecule has 0 radical (unpaired) electrons. The second-order valence-corrected chi connectivity index (χ2v) is 4.69. The van der Waals surface area contributed by atoms with Gasteiger partial charge in [-0.2, -0.15) is 9.97 Å². The fraction of sp³-hybridized carbons (Fsp3) is 0.692. The zero-order chi connectivity index (χ0) is 13.5. The van der Waals surface area contributed by atoms with Crippen molar-refractivity contribution in [3.63, 3.8) is 0 Å². The Morgan fingerprint density at radius 1 is 1.17 bits per heavy atom. The molecule has 0 aliphatic rings. The van der Waals surface area contributed by atoms with Gasteiger partial charge in [0, 0.05) is 12.5 Å². The lowest BCUT2D eigenvalue weighted by atomic mass is 10.0. The molecule has 0 fully saturated rings. The summed E-state index contributed by atoms with van der Waals surface area (Å²) >= 11 is 0. The fourth-order valence-electron chi connectivity index (χ4n) is 1.84. The lowest BCUT2D eigenvalue weighted by Gasteiger charge is -2.17. The third kappa shape index (κ3) is 4.49. The summed E-state index contributed by atoms with van der Waals surface area (Å²) in [6, 6.07) is 2.04. The van der Waals surface area contributed by atoms with Gasteiger partial charge in [0.05, 0.1) is 20.3 Å². The summed E-state index contributed by atoms with van der Waals surface area (Å²) in [5.74, 6) is 2.45. The Balaban J connectivity index is 2.81. The molecule has 0 amide bonds. The molecular weight excluding hydrogens is 230 g/mol. The molecule has 0 saturated heterocycles. The van der Waals surface area contributed by atoms with Crippen LogP contribution in [0.1, 0.15) is 26.1 Å². The maximum absolute atomic E-state index is 5.14. The number of ether oxygens (including phenoxy) is 2. The molecule has 102 valence electrons. The van der Waals surface area contributed by atoms with Crippen molar-refractivity contribution in [3.8, 4) is 11.8 Å². The number of rotatable bonds is 7. The van der Waals surface area contributed by atoms with E-state index >= 15 is 0 Å². The molecule has 0 saturated carbocycles. The van der Waals surface area contributed by atoms with Gasteiger partial charge in [0.15, 0.2) is 0 Å². The predicted octanol–water partition coefficient (Wildman–Crippen LogP) is 1.67. The fourth-order valence-corrected chi connectivity index (χ4v) is 1.84. The van der Waals surface area contributed by atoms with Crippen LogP contribution < -0.4 is 14.8 Å². The molecule has 1 aromatic rings. The Bertz CT molecular complexity index is 347. The molecule has 0 aromatic carbocycles. The second kappa shape index (κ2) is 7.16. The van der Waals surface area contributed by atoms with E-state index in [0.717, 1.165) is 18.7 Å². The standard InChI is InChI=1S/C13H23N3O2/c1-9(2)6-10(14-3)7-11-15-12(17-4)8-13(16-11)18-5/h8-10,14H,6-7H2,1-5H3. The average Bonchev–Trinajstić information content (AvgIpc) is 2.36. The topological polar surface area (TPSA) is 56.3 Å². The van der Waals surface area contributed by atoms with Crippen molar-refractivity contribution in [2.75, 3.05) is 21.3 Å². The average molecular weight is 253 g/mol. The van der Waals surface area contributed by atoms with E-state index in [4.69, 9.17) is 9.47 Å². The van der Waals surface area contributed by atoms with Crippen LogP contribution in [0.3, 0.4) is 0 Å². The lowest BCUT2D eigenvalue weighted by Crippen LogP contribution is -2.29. The van der Waals surface area contributed by atoms with Gasteiger partial charge < -0.3 is 14.8 Å². The van der Waals surface area contributed by atoms with Crippen LogP contribution in [0.15, 0.2) is 6.07 Å². The number of likely N-dealkylation sites (N-methyl/N-ethyl adjacent to an activating group) is 1. The van der Waals surface area contributed by atoms with Crippen molar-refractivity contribution in [2.45, 2.75) is 32.7 Å². The SMILES string of the molecule is CNC(Cc1nc(OC)cc(OC)n1)CC(C)C. The molecular formula is C13H23N3O2. The van der Waals surface area contributed by atoms with Gasteiger partial charge in [-0.25, -0.2) is 0 Å². The van der Waals surface area contributed by atoms with Crippen molar-refractivity contribution < 1.29 is 9.47 Å². The summed E-state index contributed by atoms with van der Waals surface area (Å²) in [7, 11) is 5.15. The first kappa shape index (κ1) is 14.7. The Kier molecular flexibility index (Phi) is 5.85. The summed E-state index contributed by atoms with van der Waals surface area (Å²) < 4.78 is 10.3. The Labute approximate surface area is 109 Å². The number of nitrogens with one attached hydrogen (secondary N) is 1. The van der Waals surface area contributed by atoms with Crippen molar-refractivity contribution in [1.82, 2.24) is 15.3 Å². The first-order valence-corrected chi connectivity index (χ1v) is 6.22. The summed E-state index contributed by atoms with van der Waals surface area (Å²) in [5.41, 5.74) is 0. The largest absolute Gasteiger partial charge is 0.481 e. The van der Waals surface area contributed by atoms with Crippen LogP contribution in [0.25, 0.3) is 0 Å². The molecule has 5 heteroatoms. The maximum atomic E-state index is 5.14. The third-order valence-electron chi connectivity index (χ3n) is 2.74. The molecule has 0 aliphatic heterocycles. The minimum absolute atomic E-state index is 0.363. The van der Waals surface area contributed by atoms with Crippen LogP contribution in [0.2, 0.25) is 0 Å². The van der Waals surface area contributed by atoms with Gasteiger partial charge in [0.1, 0.15) is 5.82 Å². The first-order valence-electron chi connectivity index (χ1n) is 6.22. The molecule has 1 unspecified atom stereocenters. The summed E-state index contributed by atoms with van der Waals surface area (Å²) in [5, 5.41) is 3.30. The number of hydrogen-bond acceptors (Lipinski definition) is 5. The Hall–Kier alpha value is -1.36. The number of nitrogens with zero attached hydrogens (tertiary/aromatic N) is 2. The van der Waals surface area contributed by atoms with Crippen LogP contribution >= 0.6 is 0 Å². The van der Waals surface area contributed by atoms with E-state index in [9.17, 15) is 0 Å². The summed E-state index contributed by atoms with van der Waals surface area (Å²) in [6.45, 7) is 4.41. The van der Waals surface area contributed by atoms with E-state index in [1.165, 1.54) is 0 Å². The normalized spacial score (nSPS) is 12.6. The van der Waals surface area contributed by atoms with Gasteiger partial charge in [0.25, 0.3) is 0 Å². The molecule has 18 heavy (non-hydrogen) atoms. The Morgan fingerprint density at radius 2 is 1.72 bits per heavy atom. The molecule has 0 spiro atoms. The third-order valence-corrected chi connectivity index (χ3v) is 2.74. The predicted molar refractivity (Wildman–Crippen MR) is 71.1 cm³/mol. The van der Waals surface area contributed by atoms with Crippen molar-refractivity contribution in [2.24, 2.45) is 5.92 Å². The maximum Gasteiger partial charge on any atom is 0.220 e. The van der Waals surface area contributed by atoms with E-state index in [0.29, 0.717) is 23.7 Å². The molecule has 5 nitrogen and oxygen atoms in total. The molecule has 1 atom stereocenters. The van der Waals surface area contributed by atoms with Gasteiger partial charge in [-0.15, -0.1) is 0 Å². The van der Waals surface area contributed by atoms with Gasteiger partial charge >= 0.3 is 0 Å². The zero-order valence-electron chi connectivity index (χ0n) is 11.9. The number of methoxy groups -OCH3 is 2. The van der Waals surface area contributed by atoms with E-state index in [2.05, 4.69) is 29.1 Å². The zero-order valence-corrected chi connectivity index (χ0v) is 11.9.